The molecule has 1 aromatic carbocycles. The Kier molecular flexibility index (Phi) is 2.57. The van der Waals surface area contributed by atoms with E-state index in [9.17, 15) is 12.8 Å². The topological polar surface area (TPSA) is 64.0 Å². The molecule has 0 saturated carbocycles. The number of rotatable bonds is 2. The van der Waals surface area contributed by atoms with Crippen LogP contribution in [0, 0.1) is 12.7 Å². The Hall–Kier alpha value is -1.63. The van der Waals surface area contributed by atoms with E-state index in [1.165, 1.54) is 10.7 Å². The molecular weight excluding hydrogens is 245 g/mol. The summed E-state index contributed by atoms with van der Waals surface area (Å²) in [6.07, 6.45) is 1.00. The van der Waals surface area contributed by atoms with Crippen LogP contribution in [0.1, 0.15) is 5.56 Å². The number of aromatic nitrogens is 2. The van der Waals surface area contributed by atoms with Crippen LogP contribution in [-0.4, -0.2) is 24.5 Å². The van der Waals surface area contributed by atoms with E-state index < -0.39 is 15.8 Å². The number of sulfonamides is 1. The number of anilines is 1. The maximum absolute atomic E-state index is 13.7. The highest BCUT2D eigenvalue weighted by molar-refractivity contribution is 7.92. The van der Waals surface area contributed by atoms with E-state index >= 15 is 0 Å². The molecule has 17 heavy (non-hydrogen) atoms. The van der Waals surface area contributed by atoms with Crippen LogP contribution in [0.25, 0.3) is 10.9 Å². The van der Waals surface area contributed by atoms with Crippen LogP contribution in [0.15, 0.2) is 12.1 Å². The number of halogens is 1. The molecule has 7 heteroatoms. The predicted octanol–water partition coefficient (Wildman–Crippen LogP) is 1.39. The number of hydrogen-bond donors (Lipinski definition) is 1. The van der Waals surface area contributed by atoms with Gasteiger partial charge in [-0.05, 0) is 18.6 Å². The van der Waals surface area contributed by atoms with Gasteiger partial charge < -0.3 is 0 Å². The summed E-state index contributed by atoms with van der Waals surface area (Å²) in [5, 5.41) is 4.18. The van der Waals surface area contributed by atoms with Crippen LogP contribution >= 0.6 is 0 Å². The second-order valence-electron chi connectivity index (χ2n) is 3.93. The molecule has 0 saturated heterocycles. The van der Waals surface area contributed by atoms with Crippen LogP contribution in [0.3, 0.4) is 0 Å². The van der Waals surface area contributed by atoms with Gasteiger partial charge >= 0.3 is 0 Å². The number of nitrogens with one attached hydrogen (secondary N) is 1. The third-order valence-corrected chi connectivity index (χ3v) is 2.99. The number of nitrogens with zero attached hydrogens (tertiary/aromatic N) is 2. The second-order valence-corrected chi connectivity index (χ2v) is 5.68. The molecule has 2 aromatic rings. The van der Waals surface area contributed by atoms with Gasteiger partial charge in [0.1, 0.15) is 5.82 Å². The van der Waals surface area contributed by atoms with Gasteiger partial charge in [0.05, 0.1) is 17.2 Å². The Labute approximate surface area is 98.3 Å². The highest BCUT2D eigenvalue weighted by Gasteiger charge is 2.17. The fourth-order valence-corrected chi connectivity index (χ4v) is 2.30. The lowest BCUT2D eigenvalue weighted by atomic mass is 10.1. The third kappa shape index (κ3) is 2.10. The van der Waals surface area contributed by atoms with Gasteiger partial charge in [-0.25, -0.2) is 12.8 Å². The van der Waals surface area contributed by atoms with Crippen molar-refractivity contribution in [1.29, 1.82) is 0 Å². The molecule has 0 bridgehead atoms. The molecule has 0 radical (unpaired) electrons. The largest absolute Gasteiger partial charge is 0.265 e. The Morgan fingerprint density at radius 1 is 1.41 bits per heavy atom. The molecule has 0 aliphatic heterocycles. The van der Waals surface area contributed by atoms with Crippen LogP contribution < -0.4 is 4.72 Å². The quantitative estimate of drug-likeness (QED) is 0.884. The van der Waals surface area contributed by atoms with Crippen LogP contribution in [0.5, 0.6) is 0 Å². The molecule has 0 fully saturated rings. The van der Waals surface area contributed by atoms with Gasteiger partial charge in [-0.3, -0.25) is 9.40 Å². The fourth-order valence-electron chi connectivity index (χ4n) is 1.81. The first kappa shape index (κ1) is 11.8. The molecule has 1 heterocycles. The highest BCUT2D eigenvalue weighted by atomic mass is 32.2. The summed E-state index contributed by atoms with van der Waals surface area (Å²) in [6.45, 7) is 1.81. The molecule has 0 amide bonds. The van der Waals surface area contributed by atoms with Crippen molar-refractivity contribution in [3.63, 3.8) is 0 Å². The summed E-state index contributed by atoms with van der Waals surface area (Å²) in [7, 11) is -1.84. The SMILES string of the molecule is Cc1ccc(F)c2c(NS(C)(=O)=O)nn(C)c12. The molecule has 0 aliphatic rings. The van der Waals surface area contributed by atoms with Gasteiger partial charge in [0.25, 0.3) is 0 Å². The Bertz CT molecular complexity index is 691. The molecule has 0 unspecified atom stereocenters. The lowest BCUT2D eigenvalue weighted by Gasteiger charge is -2.01. The van der Waals surface area contributed by atoms with Crippen molar-refractivity contribution in [2.75, 3.05) is 11.0 Å². The van der Waals surface area contributed by atoms with Crippen molar-refractivity contribution in [3.05, 3.63) is 23.5 Å². The van der Waals surface area contributed by atoms with Crippen molar-refractivity contribution in [3.8, 4) is 0 Å². The first-order chi connectivity index (χ1) is 7.79. The minimum Gasteiger partial charge on any atom is -0.265 e. The fraction of sp³-hybridized carbons (Fsp3) is 0.300. The van der Waals surface area contributed by atoms with Crippen molar-refractivity contribution in [2.24, 2.45) is 7.05 Å². The molecule has 1 N–H and O–H groups in total. The van der Waals surface area contributed by atoms with Gasteiger partial charge in [0.2, 0.25) is 10.0 Å². The van der Waals surface area contributed by atoms with E-state index in [4.69, 9.17) is 0 Å². The smallest absolute Gasteiger partial charge is 0.231 e. The molecule has 92 valence electrons. The van der Waals surface area contributed by atoms with Crippen molar-refractivity contribution >= 4 is 26.7 Å². The lowest BCUT2D eigenvalue weighted by Crippen LogP contribution is -2.10. The van der Waals surface area contributed by atoms with Gasteiger partial charge in [0.15, 0.2) is 5.82 Å². The molecule has 0 aliphatic carbocycles. The molecule has 0 atom stereocenters. The third-order valence-electron chi connectivity index (χ3n) is 2.42. The summed E-state index contributed by atoms with van der Waals surface area (Å²) in [5.74, 6) is -0.476. The minimum absolute atomic E-state index is 0.0196. The van der Waals surface area contributed by atoms with Crippen LogP contribution in [0.4, 0.5) is 10.2 Å². The summed E-state index contributed by atoms with van der Waals surface area (Å²) >= 11 is 0. The van der Waals surface area contributed by atoms with E-state index in [-0.39, 0.29) is 11.2 Å². The van der Waals surface area contributed by atoms with E-state index in [1.807, 2.05) is 6.92 Å². The first-order valence-electron chi connectivity index (χ1n) is 4.89. The van der Waals surface area contributed by atoms with Crippen molar-refractivity contribution in [1.82, 2.24) is 9.78 Å². The van der Waals surface area contributed by atoms with E-state index in [0.29, 0.717) is 5.52 Å². The normalized spacial score (nSPS) is 12.0. The summed E-state index contributed by atoms with van der Waals surface area (Å²) in [6, 6.07) is 2.93. The summed E-state index contributed by atoms with van der Waals surface area (Å²) < 4.78 is 39.7. The van der Waals surface area contributed by atoms with Crippen LogP contribution in [0.2, 0.25) is 0 Å². The minimum atomic E-state index is -3.48. The van der Waals surface area contributed by atoms with Crippen molar-refractivity contribution in [2.45, 2.75) is 6.92 Å². The molecule has 0 spiro atoms. The summed E-state index contributed by atoms with van der Waals surface area (Å²) in [4.78, 5) is 0. The second kappa shape index (κ2) is 3.69. The lowest BCUT2D eigenvalue weighted by molar-refractivity contribution is 0.606. The van der Waals surface area contributed by atoms with E-state index in [2.05, 4.69) is 9.82 Å². The highest BCUT2D eigenvalue weighted by Crippen LogP contribution is 2.28. The Balaban J connectivity index is 2.79. The average molecular weight is 257 g/mol. The number of benzene rings is 1. The molecular formula is C10H12FN3O2S. The zero-order chi connectivity index (χ0) is 12.8. The molecule has 2 rings (SSSR count). The number of hydrogen-bond acceptors (Lipinski definition) is 3. The predicted molar refractivity (Wildman–Crippen MR) is 63.9 cm³/mol. The zero-order valence-electron chi connectivity index (χ0n) is 9.65. The maximum Gasteiger partial charge on any atom is 0.231 e. The first-order valence-corrected chi connectivity index (χ1v) is 6.78. The van der Waals surface area contributed by atoms with Gasteiger partial charge in [-0.2, -0.15) is 5.10 Å². The molecule has 1 aromatic heterocycles. The van der Waals surface area contributed by atoms with Gasteiger partial charge in [-0.15, -0.1) is 0 Å². The Morgan fingerprint density at radius 3 is 2.65 bits per heavy atom. The van der Waals surface area contributed by atoms with Crippen molar-refractivity contribution < 1.29 is 12.8 Å². The number of aryl methyl sites for hydroxylation is 2. The maximum atomic E-state index is 13.7. The summed E-state index contributed by atoms with van der Waals surface area (Å²) in [5.41, 5.74) is 1.41. The monoisotopic (exact) mass is 257 g/mol. The van der Waals surface area contributed by atoms with E-state index in [1.54, 1.807) is 13.1 Å². The Morgan fingerprint density at radius 2 is 2.06 bits per heavy atom. The van der Waals surface area contributed by atoms with Gasteiger partial charge in [0, 0.05) is 7.05 Å². The zero-order valence-corrected chi connectivity index (χ0v) is 10.5. The number of fused-ring (bicyclic) bond motifs is 1. The molecule has 5 nitrogen and oxygen atoms in total. The average Bonchev–Trinajstić information content (AvgIpc) is 2.48. The van der Waals surface area contributed by atoms with Crippen LogP contribution in [-0.2, 0) is 17.1 Å². The van der Waals surface area contributed by atoms with E-state index in [0.717, 1.165) is 11.8 Å². The van der Waals surface area contributed by atoms with Gasteiger partial charge in [-0.1, -0.05) is 6.07 Å². The standard InChI is InChI=1S/C10H12FN3O2S/c1-6-4-5-7(11)8-9(6)14(2)12-10(8)13-17(3,15)16/h4-5H,1-3H3,(H,12,13).